The van der Waals surface area contributed by atoms with Crippen molar-refractivity contribution >= 4 is 17.3 Å². The van der Waals surface area contributed by atoms with E-state index in [0.717, 1.165) is 6.07 Å². The van der Waals surface area contributed by atoms with Gasteiger partial charge in [0.2, 0.25) is 0 Å². The summed E-state index contributed by atoms with van der Waals surface area (Å²) in [4.78, 5) is 3.47. The first-order chi connectivity index (χ1) is 6.86. The smallest absolute Gasteiger partial charge is 0.411 e. The Labute approximate surface area is 88.2 Å². The van der Waals surface area contributed by atoms with Crippen LogP contribution in [0, 0.1) is 0 Å². The van der Waals surface area contributed by atoms with E-state index >= 15 is 0 Å². The summed E-state index contributed by atoms with van der Waals surface area (Å²) in [6.45, 7) is 1.38. The number of aromatic nitrogens is 1. The highest BCUT2D eigenvalue weighted by Gasteiger charge is 2.31. The van der Waals surface area contributed by atoms with E-state index in [-0.39, 0.29) is 16.4 Å². The topological polar surface area (TPSA) is 45.5 Å². The molecule has 1 N–H and O–H groups in total. The van der Waals surface area contributed by atoms with Crippen molar-refractivity contribution < 1.29 is 18.4 Å². The fraction of sp³-hybridized carbons (Fsp3) is 0.250. The van der Waals surface area contributed by atoms with E-state index in [9.17, 15) is 13.2 Å². The zero-order valence-electron chi connectivity index (χ0n) is 7.51. The molecule has 1 aromatic rings. The first-order valence-electron chi connectivity index (χ1n) is 3.78. The molecule has 15 heavy (non-hydrogen) atoms. The molecule has 3 nitrogen and oxygen atoms in total. The molecule has 0 aliphatic carbocycles. The maximum absolute atomic E-state index is 12.2. The summed E-state index contributed by atoms with van der Waals surface area (Å²) in [6.07, 6.45) is -3.85. The van der Waals surface area contributed by atoms with Gasteiger partial charge in [-0.05, 0) is 13.0 Å². The normalized spacial score (nSPS) is 13.0. The molecule has 0 saturated carbocycles. The molecule has 0 aromatic carbocycles. The molecule has 0 bridgehead atoms. The SMILES string of the molecule is CC(=NO)c1ncc(C(F)(F)F)cc1Cl. The van der Waals surface area contributed by atoms with Gasteiger partial charge >= 0.3 is 6.18 Å². The first-order valence-corrected chi connectivity index (χ1v) is 4.16. The molecule has 82 valence electrons. The van der Waals surface area contributed by atoms with Crippen LogP contribution in [0.25, 0.3) is 0 Å². The Balaban J connectivity index is 3.21. The van der Waals surface area contributed by atoms with Gasteiger partial charge in [0.15, 0.2) is 0 Å². The van der Waals surface area contributed by atoms with Crippen LogP contribution in [0.1, 0.15) is 18.2 Å². The van der Waals surface area contributed by atoms with Crippen LogP contribution in [0.15, 0.2) is 17.4 Å². The lowest BCUT2D eigenvalue weighted by Crippen LogP contribution is -2.08. The Morgan fingerprint density at radius 2 is 2.13 bits per heavy atom. The summed E-state index contributed by atoms with van der Waals surface area (Å²) in [7, 11) is 0. The van der Waals surface area contributed by atoms with E-state index < -0.39 is 11.7 Å². The van der Waals surface area contributed by atoms with E-state index in [1.54, 1.807) is 0 Å². The van der Waals surface area contributed by atoms with Crippen molar-refractivity contribution in [2.24, 2.45) is 5.16 Å². The van der Waals surface area contributed by atoms with E-state index in [1.807, 2.05) is 0 Å². The Hall–Kier alpha value is -1.30. The predicted octanol–water partition coefficient (Wildman–Crippen LogP) is 2.95. The average Bonchev–Trinajstić information content (AvgIpc) is 2.15. The summed E-state index contributed by atoms with van der Waals surface area (Å²) in [6, 6.07) is 0.735. The van der Waals surface area contributed by atoms with Gasteiger partial charge < -0.3 is 5.21 Å². The van der Waals surface area contributed by atoms with Crippen LogP contribution in [0.4, 0.5) is 13.2 Å². The number of alkyl halides is 3. The second-order valence-electron chi connectivity index (χ2n) is 2.74. The van der Waals surface area contributed by atoms with Gasteiger partial charge in [-0.3, -0.25) is 4.98 Å². The summed E-state index contributed by atoms with van der Waals surface area (Å²) in [5.74, 6) is 0. The molecule has 1 heterocycles. The summed E-state index contributed by atoms with van der Waals surface area (Å²) >= 11 is 5.55. The van der Waals surface area contributed by atoms with E-state index in [4.69, 9.17) is 16.8 Å². The maximum Gasteiger partial charge on any atom is 0.417 e. The third kappa shape index (κ3) is 2.59. The molecule has 0 aliphatic heterocycles. The molecule has 1 aromatic heterocycles. The van der Waals surface area contributed by atoms with Crippen LogP contribution in [0.2, 0.25) is 5.02 Å². The minimum Gasteiger partial charge on any atom is -0.411 e. The van der Waals surface area contributed by atoms with E-state index in [2.05, 4.69) is 10.1 Å². The van der Waals surface area contributed by atoms with Gasteiger partial charge in [-0.25, -0.2) is 0 Å². The van der Waals surface area contributed by atoms with Gasteiger partial charge in [0.1, 0.15) is 11.4 Å². The van der Waals surface area contributed by atoms with Crippen LogP contribution in [0.3, 0.4) is 0 Å². The molecule has 0 radical (unpaired) electrons. The van der Waals surface area contributed by atoms with Crippen molar-refractivity contribution in [3.63, 3.8) is 0 Å². The van der Waals surface area contributed by atoms with Crippen molar-refractivity contribution in [2.75, 3.05) is 0 Å². The van der Waals surface area contributed by atoms with Crippen molar-refractivity contribution in [3.05, 3.63) is 28.5 Å². The third-order valence-electron chi connectivity index (χ3n) is 1.66. The quantitative estimate of drug-likeness (QED) is 0.464. The number of oxime groups is 1. The highest BCUT2D eigenvalue weighted by atomic mass is 35.5. The highest BCUT2D eigenvalue weighted by Crippen LogP contribution is 2.31. The fourth-order valence-corrected chi connectivity index (χ4v) is 1.21. The lowest BCUT2D eigenvalue weighted by Gasteiger charge is -2.08. The zero-order valence-corrected chi connectivity index (χ0v) is 8.26. The zero-order chi connectivity index (χ0) is 11.6. The van der Waals surface area contributed by atoms with Crippen LogP contribution < -0.4 is 0 Å². The monoisotopic (exact) mass is 238 g/mol. The fourth-order valence-electron chi connectivity index (χ4n) is 0.907. The average molecular weight is 239 g/mol. The number of hydrogen-bond donors (Lipinski definition) is 1. The largest absolute Gasteiger partial charge is 0.417 e. The first kappa shape index (κ1) is 11.8. The maximum atomic E-state index is 12.2. The van der Waals surface area contributed by atoms with Gasteiger partial charge in [-0.2, -0.15) is 13.2 Å². The Kier molecular flexibility index (Phi) is 3.18. The minimum atomic E-state index is -4.49. The van der Waals surface area contributed by atoms with Gasteiger partial charge in [0.25, 0.3) is 0 Å². The summed E-state index contributed by atoms with van der Waals surface area (Å²) < 4.78 is 36.6. The van der Waals surface area contributed by atoms with E-state index in [0.29, 0.717) is 6.20 Å². The van der Waals surface area contributed by atoms with E-state index in [1.165, 1.54) is 6.92 Å². The number of nitrogens with zero attached hydrogens (tertiary/aromatic N) is 2. The van der Waals surface area contributed by atoms with Gasteiger partial charge in [0, 0.05) is 6.20 Å². The lowest BCUT2D eigenvalue weighted by atomic mass is 10.2. The van der Waals surface area contributed by atoms with Crippen LogP contribution in [-0.2, 0) is 6.18 Å². The van der Waals surface area contributed by atoms with Gasteiger partial charge in [0.05, 0.1) is 10.6 Å². The van der Waals surface area contributed by atoms with Crippen molar-refractivity contribution in [3.8, 4) is 0 Å². The highest BCUT2D eigenvalue weighted by molar-refractivity contribution is 6.33. The third-order valence-corrected chi connectivity index (χ3v) is 1.95. The van der Waals surface area contributed by atoms with Crippen molar-refractivity contribution in [2.45, 2.75) is 13.1 Å². The van der Waals surface area contributed by atoms with Gasteiger partial charge in [-0.1, -0.05) is 16.8 Å². The second-order valence-corrected chi connectivity index (χ2v) is 3.14. The number of halogens is 4. The molecule has 0 atom stereocenters. The van der Waals surface area contributed by atoms with Crippen molar-refractivity contribution in [1.82, 2.24) is 4.98 Å². The Bertz CT molecular complexity index is 403. The molecule has 7 heteroatoms. The number of pyridine rings is 1. The molecule has 0 spiro atoms. The molecule has 0 aliphatic rings. The number of hydrogen-bond acceptors (Lipinski definition) is 3. The Morgan fingerprint density at radius 3 is 2.53 bits per heavy atom. The molecular weight excluding hydrogens is 233 g/mol. The predicted molar refractivity (Wildman–Crippen MR) is 48.2 cm³/mol. The molecule has 0 fully saturated rings. The number of rotatable bonds is 1. The molecule has 1 rings (SSSR count). The van der Waals surface area contributed by atoms with Crippen LogP contribution >= 0.6 is 11.6 Å². The molecule has 0 saturated heterocycles. The molecule has 0 amide bonds. The van der Waals surface area contributed by atoms with Crippen molar-refractivity contribution in [1.29, 1.82) is 0 Å². The van der Waals surface area contributed by atoms with Crippen LogP contribution in [-0.4, -0.2) is 15.9 Å². The minimum absolute atomic E-state index is 0.0205. The summed E-state index contributed by atoms with van der Waals surface area (Å²) in [5, 5.41) is 11.0. The lowest BCUT2D eigenvalue weighted by molar-refractivity contribution is -0.137. The summed E-state index contributed by atoms with van der Waals surface area (Å²) in [5.41, 5.74) is -0.872. The standard InChI is InChI=1S/C8H6ClF3N2O/c1-4(14-15)7-6(9)2-5(3-13-7)8(10,11)12/h2-3,15H,1H3. The van der Waals surface area contributed by atoms with Crippen LogP contribution in [0.5, 0.6) is 0 Å². The molecule has 0 unspecified atom stereocenters. The molecular formula is C8H6ClF3N2O. The second kappa shape index (κ2) is 4.06. The van der Waals surface area contributed by atoms with Gasteiger partial charge in [-0.15, -0.1) is 0 Å². The Morgan fingerprint density at radius 1 is 1.53 bits per heavy atom.